The van der Waals surface area contributed by atoms with Crippen LogP contribution >= 0.6 is 0 Å². The molecule has 0 heterocycles. The van der Waals surface area contributed by atoms with Crippen molar-refractivity contribution in [2.24, 2.45) is 58.2 Å². The predicted molar refractivity (Wildman–Crippen MR) is 160 cm³/mol. The summed E-state index contributed by atoms with van der Waals surface area (Å²) >= 11 is 0. The van der Waals surface area contributed by atoms with Crippen LogP contribution in [0.4, 0.5) is 0 Å². The highest BCUT2D eigenvalue weighted by atomic mass is 16.5. The van der Waals surface area contributed by atoms with Crippen molar-refractivity contribution < 1.29 is 9.84 Å². The number of rotatable bonds is 10. The zero-order valence-electron chi connectivity index (χ0n) is 26.4. The second-order valence-corrected chi connectivity index (χ2v) is 14.9. The van der Waals surface area contributed by atoms with Gasteiger partial charge in [0.1, 0.15) is 0 Å². The third-order valence-corrected chi connectivity index (χ3v) is 12.6. The first kappa shape index (κ1) is 31.4. The molecule has 2 nitrogen and oxygen atoms in total. The Balaban J connectivity index is 0.000000479. The Bertz CT molecular complexity index is 656. The van der Waals surface area contributed by atoms with Crippen molar-refractivity contribution in [2.45, 2.75) is 151 Å². The van der Waals surface area contributed by atoms with E-state index in [-0.39, 0.29) is 6.10 Å². The summed E-state index contributed by atoms with van der Waals surface area (Å²) in [6.07, 6.45) is 18.8. The van der Waals surface area contributed by atoms with E-state index in [2.05, 4.69) is 55.4 Å². The Labute approximate surface area is 232 Å². The minimum Gasteiger partial charge on any atom is -0.393 e. The fourth-order valence-corrected chi connectivity index (χ4v) is 10.3. The van der Waals surface area contributed by atoms with Crippen LogP contribution in [0.15, 0.2) is 0 Å². The number of fused-ring (bicyclic) bond motifs is 5. The van der Waals surface area contributed by atoms with Gasteiger partial charge in [-0.3, -0.25) is 0 Å². The monoisotopic (exact) mass is 519 g/mol. The van der Waals surface area contributed by atoms with Crippen LogP contribution in [-0.4, -0.2) is 24.4 Å². The number of hydrogen-bond acceptors (Lipinski definition) is 2. The summed E-state index contributed by atoms with van der Waals surface area (Å²) in [4.78, 5) is 0. The smallest absolute Gasteiger partial charge is 0.0543 e. The molecule has 0 aromatic rings. The normalized spacial score (nSPS) is 40.7. The van der Waals surface area contributed by atoms with E-state index in [1.165, 1.54) is 64.2 Å². The molecule has 0 spiro atoms. The minimum atomic E-state index is -0.0111. The molecular weight excluding hydrogens is 452 g/mol. The molecule has 4 saturated carbocycles. The van der Waals surface area contributed by atoms with Crippen LogP contribution in [0.1, 0.15) is 145 Å². The lowest BCUT2D eigenvalue weighted by molar-refractivity contribution is -0.129. The number of ether oxygens (including phenoxy) is 1. The van der Waals surface area contributed by atoms with Gasteiger partial charge in [0.2, 0.25) is 0 Å². The summed E-state index contributed by atoms with van der Waals surface area (Å²) < 4.78 is 5.13. The number of aliphatic hydroxyl groups is 1. The van der Waals surface area contributed by atoms with Crippen LogP contribution in [-0.2, 0) is 4.74 Å². The van der Waals surface area contributed by atoms with E-state index in [0.717, 1.165) is 86.2 Å². The molecule has 4 aliphatic carbocycles. The highest BCUT2D eigenvalue weighted by Gasteiger charge is 2.60. The molecule has 1 N–H and O–H groups in total. The third-order valence-electron chi connectivity index (χ3n) is 12.6. The lowest BCUT2D eigenvalue weighted by Crippen LogP contribution is -2.54. The van der Waals surface area contributed by atoms with Gasteiger partial charge in [-0.05, 0) is 135 Å². The Morgan fingerprint density at radius 2 is 1.43 bits per heavy atom. The van der Waals surface area contributed by atoms with Crippen LogP contribution < -0.4 is 0 Å². The Morgan fingerprint density at radius 1 is 0.784 bits per heavy atom. The summed E-state index contributed by atoms with van der Waals surface area (Å²) in [7, 11) is 0. The molecule has 4 aliphatic rings. The van der Waals surface area contributed by atoms with Gasteiger partial charge in [0.05, 0.1) is 6.10 Å². The fraction of sp³-hybridized carbons (Fsp3) is 1.00. The van der Waals surface area contributed by atoms with Gasteiger partial charge in [-0.25, -0.2) is 0 Å². The van der Waals surface area contributed by atoms with Crippen molar-refractivity contribution >= 4 is 0 Å². The van der Waals surface area contributed by atoms with E-state index in [4.69, 9.17) is 4.74 Å². The van der Waals surface area contributed by atoms with E-state index in [1.807, 2.05) is 0 Å². The van der Waals surface area contributed by atoms with E-state index in [0.29, 0.717) is 10.8 Å². The average molecular weight is 519 g/mol. The minimum absolute atomic E-state index is 0.0111. The van der Waals surface area contributed by atoms with E-state index in [9.17, 15) is 5.11 Å². The number of hydrogen-bond donors (Lipinski definition) is 1. The topological polar surface area (TPSA) is 29.5 Å². The summed E-state index contributed by atoms with van der Waals surface area (Å²) in [6.45, 7) is 21.3. The van der Waals surface area contributed by atoms with Gasteiger partial charge in [0.25, 0.3) is 0 Å². The predicted octanol–water partition coefficient (Wildman–Crippen LogP) is 9.93. The SMILES string of the molecule is CCCOCCC.CC[C@H](CC[C@@H](C)[C@H]1CC[C@H]2[C@@H]3CC[C@H]4C[C@@H](O)CC[C@]4(C)[C@H]3CC[C@]12C)C(C)C. The van der Waals surface area contributed by atoms with Crippen molar-refractivity contribution in [1.29, 1.82) is 0 Å². The van der Waals surface area contributed by atoms with Crippen molar-refractivity contribution in [3.63, 3.8) is 0 Å². The van der Waals surface area contributed by atoms with E-state index in [1.54, 1.807) is 0 Å². The molecule has 0 aliphatic heterocycles. The molecule has 0 radical (unpaired) electrons. The van der Waals surface area contributed by atoms with Crippen LogP contribution in [0.25, 0.3) is 0 Å². The second kappa shape index (κ2) is 14.0. The molecule has 218 valence electrons. The van der Waals surface area contributed by atoms with Gasteiger partial charge in [0, 0.05) is 13.2 Å². The molecule has 0 amide bonds. The second-order valence-electron chi connectivity index (χ2n) is 14.9. The summed E-state index contributed by atoms with van der Waals surface area (Å²) in [5.74, 6) is 7.34. The molecule has 0 aromatic carbocycles. The molecule has 0 aromatic heterocycles. The maximum absolute atomic E-state index is 10.3. The molecule has 10 atom stereocenters. The van der Waals surface area contributed by atoms with Gasteiger partial charge < -0.3 is 9.84 Å². The molecule has 37 heavy (non-hydrogen) atoms. The van der Waals surface area contributed by atoms with Crippen molar-refractivity contribution in [3.8, 4) is 0 Å². The first-order chi connectivity index (χ1) is 17.6. The largest absolute Gasteiger partial charge is 0.393 e. The van der Waals surface area contributed by atoms with Gasteiger partial charge in [-0.15, -0.1) is 0 Å². The molecule has 0 saturated heterocycles. The average Bonchev–Trinajstić information content (AvgIpc) is 3.22. The van der Waals surface area contributed by atoms with Crippen molar-refractivity contribution in [2.75, 3.05) is 13.2 Å². The Kier molecular flexibility index (Phi) is 11.9. The molecule has 0 bridgehead atoms. The summed E-state index contributed by atoms with van der Waals surface area (Å²) in [6, 6.07) is 0. The zero-order chi connectivity index (χ0) is 27.2. The fourth-order valence-electron chi connectivity index (χ4n) is 10.3. The first-order valence-electron chi connectivity index (χ1n) is 16.9. The summed E-state index contributed by atoms with van der Waals surface area (Å²) in [5.41, 5.74) is 1.14. The highest BCUT2D eigenvalue weighted by Crippen LogP contribution is 2.68. The van der Waals surface area contributed by atoms with Crippen LogP contribution in [0.2, 0.25) is 0 Å². The molecule has 2 heteroatoms. The molecule has 4 rings (SSSR count). The van der Waals surface area contributed by atoms with Gasteiger partial charge in [0.15, 0.2) is 0 Å². The van der Waals surface area contributed by atoms with Crippen molar-refractivity contribution in [1.82, 2.24) is 0 Å². The third kappa shape index (κ3) is 6.99. The molecule has 0 unspecified atom stereocenters. The first-order valence-corrected chi connectivity index (χ1v) is 16.9. The van der Waals surface area contributed by atoms with Crippen LogP contribution in [0.3, 0.4) is 0 Å². The lowest BCUT2D eigenvalue weighted by Gasteiger charge is -2.61. The van der Waals surface area contributed by atoms with Crippen molar-refractivity contribution in [3.05, 3.63) is 0 Å². The van der Waals surface area contributed by atoms with Gasteiger partial charge in [-0.2, -0.15) is 0 Å². The van der Waals surface area contributed by atoms with Crippen LogP contribution in [0, 0.1) is 58.2 Å². The maximum Gasteiger partial charge on any atom is 0.0543 e. The molecule has 4 fully saturated rings. The maximum atomic E-state index is 10.3. The standard InChI is InChI=1S/C29H52O.C6H14O/c1-7-21(19(2)3)9-8-20(4)25-12-13-26-24-11-10-22-18-23(30)14-16-28(22,5)27(24)15-17-29(25,26)6;1-3-5-7-6-4-2/h19-27,30H,7-18H2,1-6H3;3-6H2,1-2H3/t20-,21-,22+,23+,24+,25-,26+,27+,28+,29-;/m1./s1. The quantitative estimate of drug-likeness (QED) is 0.291. The Morgan fingerprint density at radius 3 is 2.05 bits per heavy atom. The van der Waals surface area contributed by atoms with Gasteiger partial charge in [-0.1, -0.05) is 68.2 Å². The summed E-state index contributed by atoms with van der Waals surface area (Å²) in [5, 5.41) is 10.3. The number of aliphatic hydroxyl groups excluding tert-OH is 1. The molecular formula is C35H66O2. The van der Waals surface area contributed by atoms with Crippen LogP contribution in [0.5, 0.6) is 0 Å². The highest BCUT2D eigenvalue weighted by molar-refractivity contribution is 5.09. The Hall–Kier alpha value is -0.0800. The van der Waals surface area contributed by atoms with Gasteiger partial charge >= 0.3 is 0 Å². The zero-order valence-corrected chi connectivity index (χ0v) is 26.4. The lowest BCUT2D eigenvalue weighted by atomic mass is 9.44. The van der Waals surface area contributed by atoms with E-state index >= 15 is 0 Å². The van der Waals surface area contributed by atoms with E-state index < -0.39 is 0 Å².